The number of aryl methyl sites for hydroxylation is 1. The molecule has 1 N–H and O–H groups in total. The first kappa shape index (κ1) is 12.2. The van der Waals surface area contributed by atoms with Crippen molar-refractivity contribution in [1.82, 2.24) is 15.0 Å². The van der Waals surface area contributed by atoms with Gasteiger partial charge in [0.25, 0.3) is 0 Å². The van der Waals surface area contributed by atoms with Crippen LogP contribution in [0.25, 0.3) is 0 Å². The maximum atomic E-state index is 13.6. The van der Waals surface area contributed by atoms with Crippen molar-refractivity contribution in [3.8, 4) is 0 Å². The minimum absolute atomic E-state index is 0.205. The SMILES string of the molecule is CCn1nncc1C(O)c1cc(Br)ccc1F. The van der Waals surface area contributed by atoms with Crippen LogP contribution in [-0.2, 0) is 6.54 Å². The van der Waals surface area contributed by atoms with E-state index in [4.69, 9.17) is 0 Å². The maximum Gasteiger partial charge on any atom is 0.129 e. The highest BCUT2D eigenvalue weighted by Gasteiger charge is 2.19. The molecule has 2 rings (SSSR count). The second-order valence-corrected chi connectivity index (χ2v) is 4.46. The van der Waals surface area contributed by atoms with Gasteiger partial charge >= 0.3 is 0 Å². The summed E-state index contributed by atoms with van der Waals surface area (Å²) >= 11 is 3.25. The van der Waals surface area contributed by atoms with Crippen LogP contribution in [0.15, 0.2) is 28.9 Å². The molecule has 1 aromatic heterocycles. The lowest BCUT2D eigenvalue weighted by Gasteiger charge is -2.12. The summed E-state index contributed by atoms with van der Waals surface area (Å²) in [5, 5.41) is 17.7. The van der Waals surface area contributed by atoms with Gasteiger partial charge in [0, 0.05) is 16.6 Å². The molecule has 0 aliphatic rings. The Balaban J connectivity index is 2.43. The molecular weight excluding hydrogens is 289 g/mol. The molecule has 0 radical (unpaired) electrons. The van der Waals surface area contributed by atoms with Crippen molar-refractivity contribution in [3.05, 3.63) is 45.9 Å². The molecule has 0 aliphatic heterocycles. The largest absolute Gasteiger partial charge is 0.382 e. The zero-order valence-corrected chi connectivity index (χ0v) is 10.7. The summed E-state index contributed by atoms with van der Waals surface area (Å²) in [6, 6.07) is 4.44. The molecule has 0 amide bonds. The lowest BCUT2D eigenvalue weighted by molar-refractivity contribution is 0.203. The molecule has 6 heteroatoms. The van der Waals surface area contributed by atoms with Crippen molar-refractivity contribution in [1.29, 1.82) is 0 Å². The minimum Gasteiger partial charge on any atom is -0.382 e. The molecule has 0 aliphatic carbocycles. The monoisotopic (exact) mass is 299 g/mol. The fourth-order valence-corrected chi connectivity index (χ4v) is 1.99. The van der Waals surface area contributed by atoms with Crippen LogP contribution in [-0.4, -0.2) is 20.1 Å². The van der Waals surface area contributed by atoms with Crippen LogP contribution >= 0.6 is 15.9 Å². The zero-order chi connectivity index (χ0) is 12.4. The van der Waals surface area contributed by atoms with E-state index >= 15 is 0 Å². The number of halogens is 2. The molecular formula is C11H11BrFN3O. The van der Waals surface area contributed by atoms with Crippen molar-refractivity contribution in [2.75, 3.05) is 0 Å². The van der Waals surface area contributed by atoms with Gasteiger partial charge in [-0.25, -0.2) is 9.07 Å². The van der Waals surface area contributed by atoms with Gasteiger partial charge in [0.2, 0.25) is 0 Å². The van der Waals surface area contributed by atoms with Crippen LogP contribution in [0.2, 0.25) is 0 Å². The topological polar surface area (TPSA) is 50.9 Å². The van der Waals surface area contributed by atoms with Gasteiger partial charge in [-0.2, -0.15) is 0 Å². The fourth-order valence-electron chi connectivity index (χ4n) is 1.61. The number of hydrogen-bond acceptors (Lipinski definition) is 3. The van der Waals surface area contributed by atoms with Crippen molar-refractivity contribution in [2.45, 2.75) is 19.6 Å². The van der Waals surface area contributed by atoms with Gasteiger partial charge in [-0.1, -0.05) is 21.1 Å². The molecule has 2 aromatic rings. The second kappa shape index (κ2) is 4.93. The minimum atomic E-state index is -1.07. The highest BCUT2D eigenvalue weighted by Crippen LogP contribution is 2.26. The summed E-state index contributed by atoms with van der Waals surface area (Å²) in [6.07, 6.45) is 0.372. The third-order valence-corrected chi connectivity index (χ3v) is 2.97. The first-order chi connectivity index (χ1) is 8.13. The summed E-state index contributed by atoms with van der Waals surface area (Å²) in [5.74, 6) is -0.454. The number of aliphatic hydroxyl groups excluding tert-OH is 1. The molecule has 17 heavy (non-hydrogen) atoms. The third-order valence-electron chi connectivity index (χ3n) is 2.48. The zero-order valence-electron chi connectivity index (χ0n) is 9.14. The highest BCUT2D eigenvalue weighted by molar-refractivity contribution is 9.10. The number of rotatable bonds is 3. The average molecular weight is 300 g/mol. The molecule has 0 saturated carbocycles. The summed E-state index contributed by atoms with van der Waals surface area (Å²) < 4.78 is 15.9. The average Bonchev–Trinajstić information content (AvgIpc) is 2.79. The molecule has 1 atom stereocenters. The van der Waals surface area contributed by atoms with Crippen molar-refractivity contribution < 1.29 is 9.50 Å². The predicted molar refractivity (Wildman–Crippen MR) is 63.9 cm³/mol. The van der Waals surface area contributed by atoms with Gasteiger partial charge in [-0.15, -0.1) is 5.10 Å². The molecule has 1 unspecified atom stereocenters. The van der Waals surface area contributed by atoms with Gasteiger partial charge in [0.05, 0.1) is 11.9 Å². The number of hydrogen-bond donors (Lipinski definition) is 1. The first-order valence-electron chi connectivity index (χ1n) is 5.15. The van der Waals surface area contributed by atoms with Crippen LogP contribution < -0.4 is 0 Å². The molecule has 4 nitrogen and oxygen atoms in total. The molecule has 0 bridgehead atoms. The molecule has 0 fully saturated rings. The molecule has 90 valence electrons. The van der Waals surface area contributed by atoms with Gasteiger partial charge in [-0.05, 0) is 25.1 Å². The Morgan fingerprint density at radius 3 is 3.00 bits per heavy atom. The van der Waals surface area contributed by atoms with E-state index in [0.717, 1.165) is 0 Å². The Morgan fingerprint density at radius 1 is 1.53 bits per heavy atom. The molecule has 1 aromatic carbocycles. The van der Waals surface area contributed by atoms with E-state index in [2.05, 4.69) is 26.2 Å². The lowest BCUT2D eigenvalue weighted by Crippen LogP contribution is -2.10. The summed E-state index contributed by atoms with van der Waals surface area (Å²) in [7, 11) is 0. The summed E-state index contributed by atoms with van der Waals surface area (Å²) in [6.45, 7) is 2.45. The van der Waals surface area contributed by atoms with Crippen LogP contribution in [0, 0.1) is 5.82 Å². The highest BCUT2D eigenvalue weighted by atomic mass is 79.9. The number of nitrogens with zero attached hydrogens (tertiary/aromatic N) is 3. The summed E-state index contributed by atoms with van der Waals surface area (Å²) in [4.78, 5) is 0. The molecule has 1 heterocycles. The van der Waals surface area contributed by atoms with Crippen LogP contribution in [0.4, 0.5) is 4.39 Å². The standard InChI is InChI=1S/C11H11BrFN3O/c1-2-16-10(6-14-15-16)11(17)8-5-7(12)3-4-9(8)13/h3-6,11,17H,2H2,1H3. The van der Waals surface area contributed by atoms with E-state index in [0.29, 0.717) is 16.7 Å². The van der Waals surface area contributed by atoms with Crippen LogP contribution in [0.3, 0.4) is 0 Å². The Kier molecular flexibility index (Phi) is 3.54. The first-order valence-corrected chi connectivity index (χ1v) is 5.94. The Hall–Kier alpha value is -1.27. The predicted octanol–water partition coefficient (Wildman–Crippen LogP) is 2.28. The number of benzene rings is 1. The number of aliphatic hydroxyl groups is 1. The Labute approximate surface area is 106 Å². The van der Waals surface area contributed by atoms with Crippen LogP contribution in [0.5, 0.6) is 0 Å². The number of aromatic nitrogens is 3. The Bertz CT molecular complexity index is 529. The normalized spacial score (nSPS) is 12.7. The van der Waals surface area contributed by atoms with Gasteiger partial charge in [0.15, 0.2) is 0 Å². The molecule has 0 spiro atoms. The van der Waals surface area contributed by atoms with E-state index in [-0.39, 0.29) is 5.56 Å². The van der Waals surface area contributed by atoms with Crippen molar-refractivity contribution >= 4 is 15.9 Å². The van der Waals surface area contributed by atoms with Crippen LogP contribution in [0.1, 0.15) is 24.3 Å². The van der Waals surface area contributed by atoms with E-state index in [1.54, 1.807) is 12.1 Å². The lowest BCUT2D eigenvalue weighted by atomic mass is 10.1. The summed E-state index contributed by atoms with van der Waals surface area (Å²) in [5.41, 5.74) is 0.681. The van der Waals surface area contributed by atoms with E-state index in [1.807, 2.05) is 6.92 Å². The van der Waals surface area contributed by atoms with Gasteiger partial charge in [0.1, 0.15) is 11.9 Å². The smallest absolute Gasteiger partial charge is 0.129 e. The quantitative estimate of drug-likeness (QED) is 0.946. The fraction of sp³-hybridized carbons (Fsp3) is 0.273. The Morgan fingerprint density at radius 2 is 2.29 bits per heavy atom. The van der Waals surface area contributed by atoms with Gasteiger partial charge < -0.3 is 5.11 Å². The van der Waals surface area contributed by atoms with E-state index < -0.39 is 11.9 Å². The van der Waals surface area contributed by atoms with Gasteiger partial charge in [-0.3, -0.25) is 0 Å². The van der Waals surface area contributed by atoms with E-state index in [9.17, 15) is 9.50 Å². The maximum absolute atomic E-state index is 13.6. The molecule has 0 saturated heterocycles. The third kappa shape index (κ3) is 2.37. The second-order valence-electron chi connectivity index (χ2n) is 3.54. The van der Waals surface area contributed by atoms with Crippen molar-refractivity contribution in [2.24, 2.45) is 0 Å². The van der Waals surface area contributed by atoms with Crippen molar-refractivity contribution in [3.63, 3.8) is 0 Å². The van der Waals surface area contributed by atoms with E-state index in [1.165, 1.54) is 16.9 Å².